The molecule has 6 heteroatoms. The van der Waals surface area contributed by atoms with E-state index in [1.54, 1.807) is 32.9 Å². The molecule has 1 heterocycles. The molecule has 5 nitrogen and oxygen atoms in total. The number of aryl methyl sites for hydroxylation is 1. The highest BCUT2D eigenvalue weighted by molar-refractivity contribution is 9.10. The molecule has 0 saturated carbocycles. The average Bonchev–Trinajstić information content (AvgIpc) is 2.90. The van der Waals surface area contributed by atoms with Gasteiger partial charge < -0.3 is 10.1 Å². The van der Waals surface area contributed by atoms with Gasteiger partial charge in [0.15, 0.2) is 0 Å². The lowest BCUT2D eigenvalue weighted by Crippen LogP contribution is -2.45. The minimum atomic E-state index is -0.669. The van der Waals surface area contributed by atoms with Gasteiger partial charge in [0.05, 0.1) is 5.69 Å². The van der Waals surface area contributed by atoms with Crippen LogP contribution >= 0.6 is 15.9 Å². The number of carbonyl (C=O) groups excluding carboxylic acids is 2. The van der Waals surface area contributed by atoms with Crippen LogP contribution in [0.25, 0.3) is 0 Å². The van der Waals surface area contributed by atoms with E-state index < -0.39 is 17.7 Å². The Labute approximate surface area is 144 Å². The summed E-state index contributed by atoms with van der Waals surface area (Å²) in [6, 6.07) is 5.03. The molecule has 0 bridgehead atoms. The van der Waals surface area contributed by atoms with Crippen LogP contribution in [0, 0.1) is 6.92 Å². The zero-order chi connectivity index (χ0) is 17.2. The maximum atomic E-state index is 12.5. The summed E-state index contributed by atoms with van der Waals surface area (Å²) in [6.45, 7) is 7.71. The van der Waals surface area contributed by atoms with Crippen molar-refractivity contribution >= 4 is 33.6 Å². The summed E-state index contributed by atoms with van der Waals surface area (Å²) >= 11 is 3.41. The van der Waals surface area contributed by atoms with Gasteiger partial charge in [-0.2, -0.15) is 0 Å². The molecule has 2 rings (SSSR count). The molecule has 1 aromatic carbocycles. The van der Waals surface area contributed by atoms with Gasteiger partial charge in [0.1, 0.15) is 11.6 Å². The Hall–Kier alpha value is -1.82. The van der Waals surface area contributed by atoms with Crippen molar-refractivity contribution in [3.05, 3.63) is 40.4 Å². The molecule has 0 aliphatic carbocycles. The summed E-state index contributed by atoms with van der Waals surface area (Å²) in [7, 11) is 0. The molecular weight excluding hydrogens is 360 g/mol. The minimum absolute atomic E-state index is 0.268. The van der Waals surface area contributed by atoms with Crippen molar-refractivity contribution in [2.45, 2.75) is 39.3 Å². The Morgan fingerprint density at radius 1 is 1.35 bits per heavy atom. The van der Waals surface area contributed by atoms with Crippen LogP contribution in [0.4, 0.5) is 10.5 Å². The number of nitrogens with one attached hydrogen (secondary N) is 1. The van der Waals surface area contributed by atoms with Crippen molar-refractivity contribution in [2.75, 3.05) is 11.9 Å². The Kier molecular flexibility index (Phi) is 5.14. The van der Waals surface area contributed by atoms with Crippen LogP contribution < -0.4 is 5.32 Å². The Balaban J connectivity index is 2.10. The van der Waals surface area contributed by atoms with Gasteiger partial charge in [-0.15, -0.1) is 0 Å². The van der Waals surface area contributed by atoms with E-state index in [1.165, 1.54) is 4.90 Å². The van der Waals surface area contributed by atoms with Gasteiger partial charge in [-0.3, -0.25) is 9.69 Å². The topological polar surface area (TPSA) is 58.6 Å². The fourth-order valence-electron chi connectivity index (χ4n) is 2.20. The second-order valence-corrected chi connectivity index (χ2v) is 7.33. The van der Waals surface area contributed by atoms with Gasteiger partial charge >= 0.3 is 6.09 Å². The molecule has 124 valence electrons. The Bertz CT molecular complexity index is 650. The van der Waals surface area contributed by atoms with Crippen molar-refractivity contribution in [3.8, 4) is 0 Å². The van der Waals surface area contributed by atoms with Crippen LogP contribution in [0.3, 0.4) is 0 Å². The van der Waals surface area contributed by atoms with E-state index in [9.17, 15) is 9.59 Å². The Morgan fingerprint density at radius 2 is 2.04 bits per heavy atom. The molecule has 2 amide bonds. The second-order valence-electron chi connectivity index (χ2n) is 6.48. The Morgan fingerprint density at radius 3 is 2.70 bits per heavy atom. The molecule has 1 aliphatic rings. The predicted molar refractivity (Wildman–Crippen MR) is 93.4 cm³/mol. The van der Waals surface area contributed by atoms with Crippen LogP contribution in [-0.4, -0.2) is 35.1 Å². The molecule has 0 aromatic heterocycles. The first-order chi connectivity index (χ1) is 10.7. The van der Waals surface area contributed by atoms with Crippen molar-refractivity contribution in [1.82, 2.24) is 4.90 Å². The smallest absolute Gasteiger partial charge is 0.411 e. The lowest BCUT2D eigenvalue weighted by molar-refractivity contribution is -0.119. The van der Waals surface area contributed by atoms with Gasteiger partial charge in [-0.1, -0.05) is 18.2 Å². The number of anilines is 1. The van der Waals surface area contributed by atoms with Gasteiger partial charge in [0.25, 0.3) is 5.91 Å². The van der Waals surface area contributed by atoms with Gasteiger partial charge in [0, 0.05) is 11.0 Å². The monoisotopic (exact) mass is 380 g/mol. The summed E-state index contributed by atoms with van der Waals surface area (Å²) in [5.74, 6) is -0.268. The van der Waals surface area contributed by atoms with E-state index in [4.69, 9.17) is 4.74 Å². The van der Waals surface area contributed by atoms with E-state index in [2.05, 4.69) is 21.2 Å². The van der Waals surface area contributed by atoms with Gasteiger partial charge in [-0.05, 0) is 61.3 Å². The van der Waals surface area contributed by atoms with E-state index in [0.717, 1.165) is 10.0 Å². The third-order valence-corrected chi connectivity index (χ3v) is 3.92. The first-order valence-corrected chi connectivity index (χ1v) is 8.20. The minimum Gasteiger partial charge on any atom is -0.444 e. The van der Waals surface area contributed by atoms with Gasteiger partial charge in [-0.25, -0.2) is 4.79 Å². The summed E-state index contributed by atoms with van der Waals surface area (Å²) in [5, 5.41) is 2.85. The summed E-state index contributed by atoms with van der Waals surface area (Å²) in [6.07, 6.45) is 3.01. The standard InChI is InChI=1S/C17H21BrN2O3/c1-11-7-8-12(18)13(10-11)19-15(21)14-6-5-9-20(14)16(22)23-17(2,3)4/h5-8,10,14H,9H2,1-4H3,(H,19,21)/t14-/m0/s1. The molecule has 1 N–H and O–H groups in total. The molecule has 0 unspecified atom stereocenters. The maximum absolute atomic E-state index is 12.5. The number of amides is 2. The fraction of sp³-hybridized carbons (Fsp3) is 0.412. The number of halogens is 1. The van der Waals surface area contributed by atoms with Crippen molar-refractivity contribution in [2.24, 2.45) is 0 Å². The maximum Gasteiger partial charge on any atom is 0.411 e. The lowest BCUT2D eigenvalue weighted by atomic mass is 10.2. The van der Waals surface area contributed by atoms with Crippen molar-refractivity contribution < 1.29 is 14.3 Å². The predicted octanol–water partition coefficient (Wildman–Crippen LogP) is 3.87. The van der Waals surface area contributed by atoms with Gasteiger partial charge in [0.2, 0.25) is 0 Å². The van der Waals surface area contributed by atoms with Crippen LogP contribution in [0.5, 0.6) is 0 Å². The third-order valence-electron chi connectivity index (χ3n) is 3.23. The summed E-state index contributed by atoms with van der Waals surface area (Å²) < 4.78 is 6.15. The molecule has 1 aromatic rings. The largest absolute Gasteiger partial charge is 0.444 e. The number of ether oxygens (including phenoxy) is 1. The number of hydrogen-bond acceptors (Lipinski definition) is 3. The lowest BCUT2D eigenvalue weighted by Gasteiger charge is -2.28. The average molecular weight is 381 g/mol. The van der Waals surface area contributed by atoms with E-state index >= 15 is 0 Å². The van der Waals surface area contributed by atoms with Crippen LogP contribution in [0.1, 0.15) is 26.3 Å². The molecular formula is C17H21BrN2O3. The molecule has 0 saturated heterocycles. The highest BCUT2D eigenvalue weighted by Gasteiger charge is 2.33. The van der Waals surface area contributed by atoms with Crippen LogP contribution in [-0.2, 0) is 9.53 Å². The summed E-state index contributed by atoms with van der Waals surface area (Å²) in [4.78, 5) is 26.2. The van der Waals surface area contributed by atoms with Crippen molar-refractivity contribution in [1.29, 1.82) is 0 Å². The third kappa shape index (κ3) is 4.58. The first kappa shape index (κ1) is 17.5. The van der Waals surface area contributed by atoms with E-state index in [-0.39, 0.29) is 5.91 Å². The molecule has 1 atom stereocenters. The van der Waals surface area contributed by atoms with Crippen LogP contribution in [0.2, 0.25) is 0 Å². The number of carbonyl (C=O) groups is 2. The molecule has 0 spiro atoms. The number of nitrogens with zero attached hydrogens (tertiary/aromatic N) is 1. The molecule has 1 aliphatic heterocycles. The fourth-order valence-corrected chi connectivity index (χ4v) is 2.55. The van der Waals surface area contributed by atoms with Crippen LogP contribution in [0.15, 0.2) is 34.8 Å². The zero-order valence-corrected chi connectivity index (χ0v) is 15.3. The highest BCUT2D eigenvalue weighted by atomic mass is 79.9. The summed E-state index contributed by atoms with van der Waals surface area (Å²) in [5.41, 5.74) is 1.12. The number of hydrogen-bond donors (Lipinski definition) is 1. The SMILES string of the molecule is Cc1ccc(Br)c(NC(=O)[C@@H]2C=CCN2C(=O)OC(C)(C)C)c1. The molecule has 23 heavy (non-hydrogen) atoms. The quantitative estimate of drug-likeness (QED) is 0.792. The van der Waals surface area contributed by atoms with Crippen molar-refractivity contribution in [3.63, 3.8) is 0 Å². The first-order valence-electron chi connectivity index (χ1n) is 7.41. The molecule has 0 fully saturated rings. The van der Waals surface area contributed by atoms with E-state index in [0.29, 0.717) is 12.2 Å². The normalized spacial score (nSPS) is 17.3. The molecule has 0 radical (unpaired) electrons. The number of benzene rings is 1. The highest BCUT2D eigenvalue weighted by Crippen LogP contribution is 2.25. The number of rotatable bonds is 2. The second kappa shape index (κ2) is 6.74. The van der Waals surface area contributed by atoms with E-state index in [1.807, 2.05) is 25.1 Å². The zero-order valence-electron chi connectivity index (χ0n) is 13.7.